The van der Waals surface area contributed by atoms with E-state index in [-0.39, 0.29) is 0 Å². The Balaban J connectivity index is 1.91. The number of hydrogen-bond acceptors (Lipinski definition) is 1. The second kappa shape index (κ2) is 3.43. The summed E-state index contributed by atoms with van der Waals surface area (Å²) in [5.74, 6) is 1.79. The number of nitrogens with zero attached hydrogens (tertiary/aromatic N) is 1. The topological polar surface area (TPSA) is 3.24 Å². The Bertz CT molecular complexity index is 79.0. The highest BCUT2D eigenvalue weighted by atomic mass is 35.5. The third kappa shape index (κ3) is 2.15. The molecule has 0 saturated carbocycles. The first-order valence-corrected chi connectivity index (χ1v) is 4.11. The van der Waals surface area contributed by atoms with Crippen LogP contribution in [0, 0.1) is 5.92 Å². The Kier molecular flexibility index (Phi) is 2.80. The predicted octanol–water partition coefficient (Wildman–Crippen LogP) is 1.57. The monoisotopic (exact) mass is 147 g/mol. The summed E-state index contributed by atoms with van der Waals surface area (Å²) < 4.78 is 0. The van der Waals surface area contributed by atoms with Crippen molar-refractivity contribution in [3.8, 4) is 0 Å². The average molecular weight is 148 g/mol. The molecule has 1 rings (SSSR count). The fourth-order valence-corrected chi connectivity index (χ4v) is 1.53. The highest BCUT2D eigenvalue weighted by Gasteiger charge is 2.21. The Labute approximate surface area is 62.0 Å². The van der Waals surface area contributed by atoms with Crippen molar-refractivity contribution in [2.24, 2.45) is 5.92 Å². The van der Waals surface area contributed by atoms with Crippen LogP contribution in [-0.4, -0.2) is 30.9 Å². The maximum Gasteiger partial charge on any atom is 0.0223 e. The summed E-state index contributed by atoms with van der Waals surface area (Å²) in [6, 6.07) is 0. The van der Waals surface area contributed by atoms with Crippen molar-refractivity contribution in [3.05, 3.63) is 0 Å². The van der Waals surface area contributed by atoms with Crippen molar-refractivity contribution >= 4 is 11.6 Å². The molecule has 54 valence electrons. The number of likely N-dealkylation sites (tertiary alicyclic amines) is 1. The van der Waals surface area contributed by atoms with Crippen molar-refractivity contribution in [1.82, 2.24) is 4.90 Å². The molecule has 0 bridgehead atoms. The van der Waals surface area contributed by atoms with E-state index >= 15 is 0 Å². The van der Waals surface area contributed by atoms with E-state index in [2.05, 4.69) is 11.9 Å². The molecule has 1 aliphatic heterocycles. The second-order valence-electron chi connectivity index (χ2n) is 2.92. The van der Waals surface area contributed by atoms with E-state index in [9.17, 15) is 0 Å². The van der Waals surface area contributed by atoms with Gasteiger partial charge in [0.25, 0.3) is 0 Å². The van der Waals surface area contributed by atoms with Gasteiger partial charge in [0.2, 0.25) is 0 Å². The van der Waals surface area contributed by atoms with Gasteiger partial charge in [0.1, 0.15) is 0 Å². The normalized spacial score (nSPS) is 22.0. The van der Waals surface area contributed by atoms with Crippen LogP contribution in [0.5, 0.6) is 0 Å². The van der Waals surface area contributed by atoms with Gasteiger partial charge in [-0.05, 0) is 25.8 Å². The van der Waals surface area contributed by atoms with E-state index in [4.69, 9.17) is 11.6 Å². The van der Waals surface area contributed by atoms with Gasteiger partial charge in [-0.2, -0.15) is 0 Å². The standard InChI is InChI=1S/C7H14ClN/c1-9-5-7(6-9)3-2-4-8/h7H,2-6H2,1H3. The molecule has 1 fully saturated rings. The van der Waals surface area contributed by atoms with E-state index < -0.39 is 0 Å². The molecule has 0 aromatic carbocycles. The van der Waals surface area contributed by atoms with Crippen LogP contribution in [-0.2, 0) is 0 Å². The second-order valence-corrected chi connectivity index (χ2v) is 3.30. The van der Waals surface area contributed by atoms with Crippen LogP contribution < -0.4 is 0 Å². The SMILES string of the molecule is CN1CC(CCCCl)C1. The molecule has 0 atom stereocenters. The first-order valence-electron chi connectivity index (χ1n) is 3.57. The van der Waals surface area contributed by atoms with E-state index in [0.29, 0.717) is 0 Å². The minimum atomic E-state index is 0.834. The molecule has 1 heterocycles. The summed E-state index contributed by atoms with van der Waals surface area (Å²) in [6.45, 7) is 2.58. The smallest absolute Gasteiger partial charge is 0.0223 e. The molecular formula is C7H14ClN. The zero-order valence-corrected chi connectivity index (χ0v) is 6.69. The van der Waals surface area contributed by atoms with Crippen LogP contribution in [0.15, 0.2) is 0 Å². The predicted molar refractivity (Wildman–Crippen MR) is 40.9 cm³/mol. The van der Waals surface area contributed by atoms with Crippen molar-refractivity contribution < 1.29 is 0 Å². The van der Waals surface area contributed by atoms with E-state index in [1.165, 1.54) is 25.9 Å². The van der Waals surface area contributed by atoms with Crippen molar-refractivity contribution in [3.63, 3.8) is 0 Å². The third-order valence-electron chi connectivity index (χ3n) is 1.89. The fraction of sp³-hybridized carbons (Fsp3) is 1.00. The van der Waals surface area contributed by atoms with Gasteiger partial charge >= 0.3 is 0 Å². The summed E-state index contributed by atoms with van der Waals surface area (Å²) in [6.07, 6.45) is 2.52. The van der Waals surface area contributed by atoms with Gasteiger partial charge in [-0.25, -0.2) is 0 Å². The lowest BCUT2D eigenvalue weighted by atomic mass is 9.96. The molecule has 0 amide bonds. The summed E-state index contributed by atoms with van der Waals surface area (Å²) >= 11 is 5.55. The third-order valence-corrected chi connectivity index (χ3v) is 2.15. The van der Waals surface area contributed by atoms with Crippen molar-refractivity contribution in [2.45, 2.75) is 12.8 Å². The van der Waals surface area contributed by atoms with E-state index in [1.54, 1.807) is 0 Å². The Morgan fingerprint density at radius 3 is 2.67 bits per heavy atom. The lowest BCUT2D eigenvalue weighted by Crippen LogP contribution is -2.43. The molecule has 1 saturated heterocycles. The molecule has 0 aromatic heterocycles. The molecular weight excluding hydrogens is 134 g/mol. The molecule has 0 spiro atoms. The minimum absolute atomic E-state index is 0.834. The van der Waals surface area contributed by atoms with Gasteiger partial charge in [0.05, 0.1) is 0 Å². The maximum absolute atomic E-state index is 5.55. The average Bonchev–Trinajstić information content (AvgIpc) is 1.78. The Morgan fingerprint density at radius 2 is 2.22 bits per heavy atom. The number of rotatable bonds is 3. The van der Waals surface area contributed by atoms with Gasteiger partial charge in [-0.15, -0.1) is 11.6 Å². The number of hydrogen-bond donors (Lipinski definition) is 0. The quantitative estimate of drug-likeness (QED) is 0.548. The maximum atomic E-state index is 5.55. The van der Waals surface area contributed by atoms with Gasteiger partial charge in [-0.1, -0.05) is 0 Å². The fourth-order valence-electron chi connectivity index (χ4n) is 1.38. The summed E-state index contributed by atoms with van der Waals surface area (Å²) in [4.78, 5) is 2.35. The summed E-state index contributed by atoms with van der Waals surface area (Å²) in [7, 11) is 2.16. The van der Waals surface area contributed by atoms with Crippen LogP contribution >= 0.6 is 11.6 Å². The van der Waals surface area contributed by atoms with Crippen LogP contribution in [0.25, 0.3) is 0 Å². The molecule has 0 radical (unpaired) electrons. The molecule has 1 aliphatic rings. The van der Waals surface area contributed by atoms with Gasteiger partial charge < -0.3 is 4.90 Å². The number of halogens is 1. The van der Waals surface area contributed by atoms with Crippen LogP contribution in [0.1, 0.15) is 12.8 Å². The van der Waals surface area contributed by atoms with Crippen molar-refractivity contribution in [1.29, 1.82) is 0 Å². The minimum Gasteiger partial charge on any atom is -0.306 e. The van der Waals surface area contributed by atoms with Crippen LogP contribution in [0.2, 0.25) is 0 Å². The molecule has 0 unspecified atom stereocenters. The molecule has 0 aliphatic carbocycles. The van der Waals surface area contributed by atoms with Crippen LogP contribution in [0.4, 0.5) is 0 Å². The van der Waals surface area contributed by atoms with Crippen molar-refractivity contribution in [2.75, 3.05) is 26.0 Å². The molecule has 9 heavy (non-hydrogen) atoms. The summed E-state index contributed by atoms with van der Waals surface area (Å²) in [5.41, 5.74) is 0. The molecule has 2 heteroatoms. The molecule has 0 N–H and O–H groups in total. The lowest BCUT2D eigenvalue weighted by molar-refractivity contribution is 0.126. The first-order chi connectivity index (χ1) is 4.33. The lowest BCUT2D eigenvalue weighted by Gasteiger charge is -2.36. The van der Waals surface area contributed by atoms with Gasteiger partial charge in [0.15, 0.2) is 0 Å². The zero-order valence-electron chi connectivity index (χ0n) is 5.94. The zero-order chi connectivity index (χ0) is 6.69. The highest BCUT2D eigenvalue weighted by Crippen LogP contribution is 2.18. The molecule has 1 nitrogen and oxygen atoms in total. The first kappa shape index (κ1) is 7.36. The van der Waals surface area contributed by atoms with E-state index in [0.717, 1.165) is 11.8 Å². The van der Waals surface area contributed by atoms with Gasteiger partial charge in [-0.3, -0.25) is 0 Å². The number of alkyl halides is 1. The van der Waals surface area contributed by atoms with E-state index in [1.807, 2.05) is 0 Å². The Hall–Kier alpha value is 0.250. The largest absolute Gasteiger partial charge is 0.306 e. The summed E-state index contributed by atoms with van der Waals surface area (Å²) in [5, 5.41) is 0. The van der Waals surface area contributed by atoms with Crippen LogP contribution in [0.3, 0.4) is 0 Å². The molecule has 0 aromatic rings. The highest BCUT2D eigenvalue weighted by molar-refractivity contribution is 6.17. The van der Waals surface area contributed by atoms with Gasteiger partial charge in [0, 0.05) is 19.0 Å². The Morgan fingerprint density at radius 1 is 1.56 bits per heavy atom.